The molecule has 1 aromatic heterocycles. The van der Waals surface area contributed by atoms with E-state index in [4.69, 9.17) is 5.26 Å². The summed E-state index contributed by atoms with van der Waals surface area (Å²) < 4.78 is 13.0. The van der Waals surface area contributed by atoms with Gasteiger partial charge in [-0.05, 0) is 48.2 Å². The molecule has 2 aromatic carbocycles. The van der Waals surface area contributed by atoms with E-state index >= 15 is 0 Å². The molecule has 0 aliphatic carbocycles. The van der Waals surface area contributed by atoms with Gasteiger partial charge in [0.25, 0.3) is 0 Å². The van der Waals surface area contributed by atoms with Crippen molar-refractivity contribution in [3.63, 3.8) is 0 Å². The van der Waals surface area contributed by atoms with Crippen LogP contribution in [-0.2, 0) is 6.42 Å². The van der Waals surface area contributed by atoms with Crippen molar-refractivity contribution in [1.29, 1.82) is 5.26 Å². The summed E-state index contributed by atoms with van der Waals surface area (Å²) in [6.45, 7) is 0. The van der Waals surface area contributed by atoms with Gasteiger partial charge in [-0.1, -0.05) is 24.3 Å². The SMILES string of the molecule is N#Cc1ccc(C(c2ncn[nH]2)C(O)CCc2ccc(F)cc2)cc1. The van der Waals surface area contributed by atoms with Gasteiger partial charge in [0.05, 0.1) is 23.7 Å². The fourth-order valence-corrected chi connectivity index (χ4v) is 2.82. The Balaban J connectivity index is 1.79. The van der Waals surface area contributed by atoms with E-state index in [-0.39, 0.29) is 11.7 Å². The summed E-state index contributed by atoms with van der Waals surface area (Å²) in [4.78, 5) is 4.18. The van der Waals surface area contributed by atoms with Gasteiger partial charge in [-0.3, -0.25) is 5.10 Å². The molecule has 0 bridgehead atoms. The van der Waals surface area contributed by atoms with Gasteiger partial charge in [-0.15, -0.1) is 0 Å². The van der Waals surface area contributed by atoms with Crippen LogP contribution in [0.2, 0.25) is 0 Å². The van der Waals surface area contributed by atoms with Gasteiger partial charge in [0.15, 0.2) is 0 Å². The van der Waals surface area contributed by atoms with Crippen LogP contribution in [0, 0.1) is 17.1 Å². The first-order valence-corrected chi connectivity index (χ1v) is 7.95. The lowest BCUT2D eigenvalue weighted by atomic mass is 9.89. The number of aryl methyl sites for hydroxylation is 1. The zero-order chi connectivity index (χ0) is 17.6. The van der Waals surface area contributed by atoms with Gasteiger partial charge < -0.3 is 5.11 Å². The Morgan fingerprint density at radius 1 is 1.12 bits per heavy atom. The van der Waals surface area contributed by atoms with Crippen molar-refractivity contribution in [1.82, 2.24) is 15.2 Å². The Morgan fingerprint density at radius 3 is 2.44 bits per heavy atom. The summed E-state index contributed by atoms with van der Waals surface area (Å²) in [7, 11) is 0. The number of aliphatic hydroxyl groups excluding tert-OH is 1. The number of rotatable bonds is 6. The van der Waals surface area contributed by atoms with Gasteiger partial charge in [0.2, 0.25) is 0 Å². The molecule has 126 valence electrons. The van der Waals surface area contributed by atoms with Crippen molar-refractivity contribution in [3.05, 3.63) is 83.2 Å². The van der Waals surface area contributed by atoms with E-state index in [1.165, 1.54) is 18.5 Å². The minimum absolute atomic E-state index is 0.276. The molecule has 1 heterocycles. The molecule has 0 saturated heterocycles. The average molecular weight is 336 g/mol. The zero-order valence-electron chi connectivity index (χ0n) is 13.4. The molecular formula is C19H17FN4O. The maximum atomic E-state index is 13.0. The monoisotopic (exact) mass is 336 g/mol. The molecule has 0 aliphatic rings. The standard InChI is InChI=1S/C19H17FN4O/c20-16-8-3-13(4-9-16)5-10-17(25)18(19-22-12-23-24-19)15-6-1-14(11-21)2-7-15/h1-4,6-9,12,17-18,25H,5,10H2,(H,22,23,24). The van der Waals surface area contributed by atoms with Gasteiger partial charge >= 0.3 is 0 Å². The van der Waals surface area contributed by atoms with E-state index in [1.807, 2.05) is 12.1 Å². The maximum Gasteiger partial charge on any atom is 0.137 e. The molecule has 0 spiro atoms. The van der Waals surface area contributed by atoms with E-state index < -0.39 is 6.10 Å². The normalized spacial score (nSPS) is 13.2. The summed E-state index contributed by atoms with van der Waals surface area (Å²) in [5, 5.41) is 26.4. The number of H-pyrrole nitrogens is 1. The lowest BCUT2D eigenvalue weighted by molar-refractivity contribution is 0.144. The molecule has 3 rings (SSSR count). The first-order valence-electron chi connectivity index (χ1n) is 7.95. The van der Waals surface area contributed by atoms with Crippen LogP contribution in [0.4, 0.5) is 4.39 Å². The summed E-state index contributed by atoms with van der Waals surface area (Å²) in [6.07, 6.45) is 1.80. The van der Waals surface area contributed by atoms with Crippen LogP contribution < -0.4 is 0 Å². The fraction of sp³-hybridized carbons (Fsp3) is 0.211. The van der Waals surface area contributed by atoms with Crippen molar-refractivity contribution in [3.8, 4) is 6.07 Å². The third-order valence-electron chi connectivity index (χ3n) is 4.15. The predicted octanol–water partition coefficient (Wildman–Crippen LogP) is 2.94. The van der Waals surface area contributed by atoms with Crippen LogP contribution in [-0.4, -0.2) is 26.4 Å². The van der Waals surface area contributed by atoms with E-state index in [9.17, 15) is 9.50 Å². The topological polar surface area (TPSA) is 85.6 Å². The Labute approximate surface area is 144 Å². The number of aliphatic hydroxyl groups is 1. The number of aromatic nitrogens is 3. The Morgan fingerprint density at radius 2 is 1.84 bits per heavy atom. The van der Waals surface area contributed by atoms with Crippen molar-refractivity contribution in [2.24, 2.45) is 0 Å². The van der Waals surface area contributed by atoms with Gasteiger partial charge in [0, 0.05) is 0 Å². The van der Waals surface area contributed by atoms with Crippen molar-refractivity contribution >= 4 is 0 Å². The first kappa shape index (κ1) is 16.8. The summed E-state index contributed by atoms with van der Waals surface area (Å²) in [6, 6.07) is 15.4. The number of halogens is 1. The molecule has 5 nitrogen and oxygen atoms in total. The molecule has 2 N–H and O–H groups in total. The number of nitriles is 1. The van der Waals surface area contributed by atoms with E-state index in [2.05, 4.69) is 21.3 Å². The van der Waals surface area contributed by atoms with Crippen molar-refractivity contribution in [2.45, 2.75) is 24.9 Å². The minimum Gasteiger partial charge on any atom is -0.392 e. The smallest absolute Gasteiger partial charge is 0.137 e. The average Bonchev–Trinajstić information content (AvgIpc) is 3.16. The van der Waals surface area contributed by atoms with Crippen LogP contribution in [0.3, 0.4) is 0 Å². The van der Waals surface area contributed by atoms with Gasteiger partial charge in [-0.25, -0.2) is 9.37 Å². The highest BCUT2D eigenvalue weighted by molar-refractivity contribution is 5.35. The van der Waals surface area contributed by atoms with Crippen LogP contribution in [0.25, 0.3) is 0 Å². The van der Waals surface area contributed by atoms with Crippen LogP contribution in [0.15, 0.2) is 54.9 Å². The van der Waals surface area contributed by atoms with Crippen LogP contribution in [0.1, 0.15) is 34.9 Å². The van der Waals surface area contributed by atoms with E-state index in [0.717, 1.165) is 11.1 Å². The van der Waals surface area contributed by atoms with Gasteiger partial charge in [0.1, 0.15) is 18.0 Å². The molecule has 0 aliphatic heterocycles. The Kier molecular flexibility index (Phi) is 5.17. The summed E-state index contributed by atoms with van der Waals surface area (Å²) in [5.74, 6) is -0.0894. The third-order valence-corrected chi connectivity index (χ3v) is 4.15. The number of aromatic amines is 1. The van der Waals surface area contributed by atoms with Crippen molar-refractivity contribution < 1.29 is 9.50 Å². The van der Waals surface area contributed by atoms with Crippen molar-refractivity contribution in [2.75, 3.05) is 0 Å². The summed E-state index contributed by atoms with van der Waals surface area (Å²) >= 11 is 0. The largest absolute Gasteiger partial charge is 0.392 e. The highest BCUT2D eigenvalue weighted by Crippen LogP contribution is 2.28. The number of nitrogens with zero attached hydrogens (tertiary/aromatic N) is 3. The summed E-state index contributed by atoms with van der Waals surface area (Å²) in [5.41, 5.74) is 2.36. The quantitative estimate of drug-likeness (QED) is 0.725. The second-order valence-corrected chi connectivity index (χ2v) is 5.81. The molecule has 0 amide bonds. The second kappa shape index (κ2) is 7.69. The van der Waals surface area contributed by atoms with Gasteiger partial charge in [-0.2, -0.15) is 10.4 Å². The fourth-order valence-electron chi connectivity index (χ4n) is 2.82. The third kappa shape index (κ3) is 4.08. The highest BCUT2D eigenvalue weighted by atomic mass is 19.1. The highest BCUT2D eigenvalue weighted by Gasteiger charge is 2.25. The Bertz CT molecular complexity index is 839. The predicted molar refractivity (Wildman–Crippen MR) is 90.1 cm³/mol. The van der Waals surface area contributed by atoms with E-state index in [1.54, 1.807) is 24.3 Å². The lowest BCUT2D eigenvalue weighted by Crippen LogP contribution is -2.22. The van der Waals surface area contributed by atoms with Crippen LogP contribution in [0.5, 0.6) is 0 Å². The molecule has 6 heteroatoms. The number of hydrogen-bond acceptors (Lipinski definition) is 4. The lowest BCUT2D eigenvalue weighted by Gasteiger charge is -2.21. The molecule has 0 fully saturated rings. The molecule has 25 heavy (non-hydrogen) atoms. The molecule has 3 aromatic rings. The van der Waals surface area contributed by atoms with Crippen LogP contribution >= 0.6 is 0 Å². The number of benzene rings is 2. The molecule has 2 unspecified atom stereocenters. The molecule has 0 saturated carbocycles. The second-order valence-electron chi connectivity index (χ2n) is 5.81. The molecule has 0 radical (unpaired) electrons. The number of nitrogens with one attached hydrogen (secondary N) is 1. The maximum absolute atomic E-state index is 13.0. The zero-order valence-corrected chi connectivity index (χ0v) is 13.4. The first-order chi connectivity index (χ1) is 12.2. The minimum atomic E-state index is -0.703. The van der Waals surface area contributed by atoms with E-state index in [0.29, 0.717) is 24.2 Å². The Hall–Kier alpha value is -3.04. The molecule has 2 atom stereocenters. The number of hydrogen-bond donors (Lipinski definition) is 2. The molecular weight excluding hydrogens is 319 g/mol.